The van der Waals surface area contributed by atoms with Crippen molar-refractivity contribution in [3.8, 4) is 0 Å². The number of nitrogens with zero attached hydrogens (tertiary/aromatic N) is 1. The number of ether oxygens (including phenoxy) is 1. The average Bonchev–Trinajstić information content (AvgIpc) is 2.67. The first-order chi connectivity index (χ1) is 11.8. The van der Waals surface area contributed by atoms with Crippen LogP contribution in [0.5, 0.6) is 0 Å². The van der Waals surface area contributed by atoms with E-state index in [9.17, 15) is 9.28 Å². The normalized spacial score (nSPS) is 17.4. The number of hydrogen-bond donors (Lipinski definition) is 2. The predicted molar refractivity (Wildman–Crippen MR) is 90.1 cm³/mol. The van der Waals surface area contributed by atoms with Crippen molar-refractivity contribution in [3.05, 3.63) is 65.7 Å². The van der Waals surface area contributed by atoms with E-state index in [4.69, 9.17) is 4.74 Å². The van der Waals surface area contributed by atoms with Gasteiger partial charge in [0.25, 0.3) is 0 Å². The molecule has 1 unspecified atom stereocenters. The molecule has 2 aromatic carbocycles. The van der Waals surface area contributed by atoms with Gasteiger partial charge < -0.3 is 10.1 Å². The van der Waals surface area contributed by atoms with Gasteiger partial charge in [0.05, 0.1) is 11.7 Å². The van der Waals surface area contributed by atoms with Crippen molar-refractivity contribution in [1.29, 1.82) is 0 Å². The van der Waals surface area contributed by atoms with E-state index in [-0.39, 0.29) is 18.7 Å². The lowest BCUT2D eigenvalue weighted by atomic mass is 10.0. The minimum absolute atomic E-state index is 0.129. The highest BCUT2D eigenvalue weighted by Crippen LogP contribution is 2.24. The predicted octanol–water partition coefficient (Wildman–Crippen LogP) is 3.27. The second-order valence-electron chi connectivity index (χ2n) is 5.67. The third-order valence-corrected chi connectivity index (χ3v) is 4.09. The molecule has 0 aromatic heterocycles. The van der Waals surface area contributed by atoms with E-state index in [2.05, 4.69) is 5.32 Å². The molecule has 0 bridgehead atoms. The van der Waals surface area contributed by atoms with Gasteiger partial charge in [-0.2, -0.15) is 0 Å². The Morgan fingerprint density at radius 3 is 2.67 bits per heavy atom. The zero-order chi connectivity index (χ0) is 16.8. The Morgan fingerprint density at radius 1 is 1.21 bits per heavy atom. The van der Waals surface area contributed by atoms with Crippen LogP contribution in [0.4, 0.5) is 15.0 Å². The van der Waals surface area contributed by atoms with Gasteiger partial charge in [-0.3, -0.25) is 4.90 Å². The summed E-state index contributed by atoms with van der Waals surface area (Å²) in [5.41, 5.74) is 3.90. The molecule has 2 aromatic rings. The number of piperazine rings is 1. The number of anilines is 1. The molecule has 1 heterocycles. The largest absolute Gasteiger partial charge is 0.445 e. The van der Waals surface area contributed by atoms with Crippen molar-refractivity contribution >= 4 is 11.8 Å². The molecule has 3 rings (SSSR count). The average molecular weight is 329 g/mol. The molecule has 24 heavy (non-hydrogen) atoms. The SMILES string of the molecule is O=C(OCc1ccccc1)N1CCNCC1c1ccc(NF)cc1. The number of carbonyl (C=O) groups is 1. The Bertz CT molecular complexity index is 664. The highest BCUT2D eigenvalue weighted by molar-refractivity contribution is 5.68. The Morgan fingerprint density at radius 2 is 1.96 bits per heavy atom. The maximum atomic E-state index is 12.5. The maximum absolute atomic E-state index is 12.5. The van der Waals surface area contributed by atoms with Crippen molar-refractivity contribution in [2.24, 2.45) is 0 Å². The van der Waals surface area contributed by atoms with Gasteiger partial charge in [0.15, 0.2) is 0 Å². The molecule has 0 spiro atoms. The Hall–Kier alpha value is -2.60. The van der Waals surface area contributed by atoms with Gasteiger partial charge in [-0.05, 0) is 23.3 Å². The molecule has 0 aliphatic carbocycles. The van der Waals surface area contributed by atoms with E-state index in [0.717, 1.165) is 17.7 Å². The van der Waals surface area contributed by atoms with Crippen LogP contribution in [-0.2, 0) is 11.3 Å². The Balaban J connectivity index is 1.67. The lowest BCUT2D eigenvalue weighted by molar-refractivity contribution is 0.0720. The number of halogens is 1. The van der Waals surface area contributed by atoms with Crippen molar-refractivity contribution in [1.82, 2.24) is 10.2 Å². The first-order valence-electron chi connectivity index (χ1n) is 7.92. The standard InChI is InChI=1S/C18H20FN3O2/c19-21-16-8-6-15(7-9-16)17-12-20-10-11-22(17)18(23)24-13-14-4-2-1-3-5-14/h1-9,17,20-21H,10-13H2. The number of benzene rings is 2. The Labute approximate surface area is 140 Å². The van der Waals surface area contributed by atoms with Crippen LogP contribution in [0, 0.1) is 0 Å². The molecule has 1 atom stereocenters. The first kappa shape index (κ1) is 16.3. The molecule has 126 valence electrons. The summed E-state index contributed by atoms with van der Waals surface area (Å²) in [6.45, 7) is 2.19. The monoisotopic (exact) mass is 329 g/mol. The van der Waals surface area contributed by atoms with Crippen molar-refractivity contribution in [3.63, 3.8) is 0 Å². The summed E-state index contributed by atoms with van der Waals surface area (Å²) in [5, 5.41) is 3.28. The van der Waals surface area contributed by atoms with Gasteiger partial charge in [-0.1, -0.05) is 42.5 Å². The van der Waals surface area contributed by atoms with Gasteiger partial charge in [0.2, 0.25) is 0 Å². The zero-order valence-electron chi connectivity index (χ0n) is 13.2. The summed E-state index contributed by atoms with van der Waals surface area (Å²) in [4.78, 5) is 14.2. The Kier molecular flexibility index (Phi) is 5.28. The van der Waals surface area contributed by atoms with Crippen LogP contribution in [0.3, 0.4) is 0 Å². The minimum Gasteiger partial charge on any atom is -0.445 e. The summed E-state index contributed by atoms with van der Waals surface area (Å²) >= 11 is 0. The summed E-state index contributed by atoms with van der Waals surface area (Å²) in [6, 6.07) is 16.4. The fraction of sp³-hybridized carbons (Fsp3) is 0.278. The molecule has 6 heteroatoms. The fourth-order valence-electron chi connectivity index (χ4n) is 2.79. The molecule has 2 N–H and O–H groups in total. The smallest absolute Gasteiger partial charge is 0.410 e. The van der Waals surface area contributed by atoms with Gasteiger partial charge in [0.1, 0.15) is 6.61 Å². The molecular formula is C18H20FN3O2. The third-order valence-electron chi connectivity index (χ3n) is 4.09. The fourth-order valence-corrected chi connectivity index (χ4v) is 2.79. The number of nitrogens with one attached hydrogen (secondary N) is 2. The van der Waals surface area contributed by atoms with E-state index in [1.165, 1.54) is 0 Å². The summed E-state index contributed by atoms with van der Waals surface area (Å²) in [5.74, 6) is 0. The van der Waals surface area contributed by atoms with Crippen molar-refractivity contribution in [2.45, 2.75) is 12.6 Å². The first-order valence-corrected chi connectivity index (χ1v) is 7.92. The lowest BCUT2D eigenvalue weighted by Crippen LogP contribution is -2.48. The lowest BCUT2D eigenvalue weighted by Gasteiger charge is -2.35. The molecule has 0 radical (unpaired) electrons. The van der Waals surface area contributed by atoms with Crippen LogP contribution in [0.15, 0.2) is 54.6 Å². The van der Waals surface area contributed by atoms with Crippen LogP contribution >= 0.6 is 0 Å². The molecule has 1 amide bonds. The van der Waals surface area contributed by atoms with Gasteiger partial charge >= 0.3 is 6.09 Å². The van der Waals surface area contributed by atoms with Crippen LogP contribution in [0.1, 0.15) is 17.2 Å². The second kappa shape index (κ2) is 7.79. The minimum atomic E-state index is -0.335. The van der Waals surface area contributed by atoms with Crippen LogP contribution in [0.25, 0.3) is 0 Å². The number of amides is 1. The molecule has 1 aliphatic heterocycles. The molecule has 1 aliphatic rings. The number of carbonyl (C=O) groups excluding carboxylic acids is 1. The molecule has 1 fully saturated rings. The quantitative estimate of drug-likeness (QED) is 0.846. The van der Waals surface area contributed by atoms with Gasteiger partial charge in [-0.25, -0.2) is 10.3 Å². The van der Waals surface area contributed by atoms with Crippen molar-refractivity contribution in [2.75, 3.05) is 25.2 Å². The third kappa shape index (κ3) is 3.83. The zero-order valence-corrected chi connectivity index (χ0v) is 13.2. The molecule has 0 saturated carbocycles. The molecule has 5 nitrogen and oxygen atoms in total. The topological polar surface area (TPSA) is 53.6 Å². The highest BCUT2D eigenvalue weighted by atomic mass is 19.2. The maximum Gasteiger partial charge on any atom is 0.410 e. The molecule has 1 saturated heterocycles. The van der Waals surface area contributed by atoms with Crippen LogP contribution in [0.2, 0.25) is 0 Å². The van der Waals surface area contributed by atoms with E-state index in [1.807, 2.05) is 42.5 Å². The number of hydrogen-bond acceptors (Lipinski definition) is 4. The van der Waals surface area contributed by atoms with Crippen LogP contribution in [-0.4, -0.2) is 30.6 Å². The second-order valence-corrected chi connectivity index (χ2v) is 5.67. The number of rotatable bonds is 4. The van der Waals surface area contributed by atoms with Gasteiger partial charge in [-0.15, -0.1) is 4.48 Å². The van der Waals surface area contributed by atoms with Gasteiger partial charge in [0, 0.05) is 19.6 Å². The summed E-state index contributed by atoms with van der Waals surface area (Å²) in [6.07, 6.45) is -0.335. The van der Waals surface area contributed by atoms with Crippen LogP contribution < -0.4 is 10.9 Å². The van der Waals surface area contributed by atoms with Crippen molar-refractivity contribution < 1.29 is 14.0 Å². The highest BCUT2D eigenvalue weighted by Gasteiger charge is 2.29. The van der Waals surface area contributed by atoms with E-state index < -0.39 is 0 Å². The summed E-state index contributed by atoms with van der Waals surface area (Å²) < 4.78 is 17.9. The summed E-state index contributed by atoms with van der Waals surface area (Å²) in [7, 11) is 0. The van der Waals surface area contributed by atoms with E-state index in [0.29, 0.717) is 18.8 Å². The molecular weight excluding hydrogens is 309 g/mol. The van der Waals surface area contributed by atoms with E-state index >= 15 is 0 Å². The van der Waals surface area contributed by atoms with E-state index in [1.54, 1.807) is 22.6 Å².